The number of benzene rings is 2. The van der Waals surface area contributed by atoms with Crippen molar-refractivity contribution in [3.8, 4) is 17.0 Å². The predicted octanol–water partition coefficient (Wildman–Crippen LogP) is 4.32. The molecule has 0 spiro atoms. The topological polar surface area (TPSA) is 69.0 Å². The quantitative estimate of drug-likeness (QED) is 0.542. The SMILES string of the molecule is COc1ccc2ncc3c(-c4ccccc4)nn(CC(=O)NC4CCCC4)c3c2c1. The van der Waals surface area contributed by atoms with Crippen molar-refractivity contribution in [2.24, 2.45) is 0 Å². The molecule has 152 valence electrons. The maximum absolute atomic E-state index is 12.8. The van der Waals surface area contributed by atoms with E-state index in [1.165, 1.54) is 12.8 Å². The lowest BCUT2D eigenvalue weighted by Crippen LogP contribution is -2.35. The van der Waals surface area contributed by atoms with Crippen molar-refractivity contribution in [1.29, 1.82) is 0 Å². The van der Waals surface area contributed by atoms with Crippen molar-refractivity contribution in [3.05, 3.63) is 54.7 Å². The normalized spacial score (nSPS) is 14.4. The van der Waals surface area contributed by atoms with Crippen LogP contribution in [0.2, 0.25) is 0 Å². The molecule has 2 aromatic carbocycles. The first kappa shape index (κ1) is 18.6. The maximum Gasteiger partial charge on any atom is 0.241 e. The van der Waals surface area contributed by atoms with Crippen LogP contribution in [0.4, 0.5) is 0 Å². The molecule has 1 aliphatic carbocycles. The van der Waals surface area contributed by atoms with Crippen molar-refractivity contribution in [1.82, 2.24) is 20.1 Å². The van der Waals surface area contributed by atoms with Crippen molar-refractivity contribution in [2.75, 3.05) is 7.11 Å². The number of hydrogen-bond donors (Lipinski definition) is 1. The Morgan fingerprint density at radius 1 is 1.13 bits per heavy atom. The van der Waals surface area contributed by atoms with E-state index in [1.54, 1.807) is 7.11 Å². The fourth-order valence-corrected chi connectivity index (χ4v) is 4.36. The van der Waals surface area contributed by atoms with Crippen LogP contribution in [0.15, 0.2) is 54.7 Å². The van der Waals surface area contributed by atoms with E-state index >= 15 is 0 Å². The van der Waals surface area contributed by atoms with Gasteiger partial charge in [0.05, 0.1) is 18.1 Å². The summed E-state index contributed by atoms with van der Waals surface area (Å²) in [5, 5.41) is 9.88. The molecule has 1 fully saturated rings. The van der Waals surface area contributed by atoms with E-state index in [2.05, 4.69) is 10.3 Å². The largest absolute Gasteiger partial charge is 0.497 e. The van der Waals surface area contributed by atoms with Crippen LogP contribution in [-0.4, -0.2) is 33.8 Å². The van der Waals surface area contributed by atoms with Crippen LogP contribution in [-0.2, 0) is 11.3 Å². The average molecular weight is 400 g/mol. The summed E-state index contributed by atoms with van der Waals surface area (Å²) in [6.45, 7) is 0.177. The molecule has 0 radical (unpaired) electrons. The summed E-state index contributed by atoms with van der Waals surface area (Å²) >= 11 is 0. The first-order valence-corrected chi connectivity index (χ1v) is 10.4. The third-order valence-corrected chi connectivity index (χ3v) is 5.84. The highest BCUT2D eigenvalue weighted by atomic mass is 16.5. The molecular weight excluding hydrogens is 376 g/mol. The first-order valence-electron chi connectivity index (χ1n) is 10.4. The molecule has 5 rings (SSSR count). The number of hydrogen-bond acceptors (Lipinski definition) is 4. The molecule has 1 aliphatic rings. The number of ether oxygens (including phenoxy) is 1. The number of methoxy groups -OCH3 is 1. The Labute approximate surface area is 174 Å². The van der Waals surface area contributed by atoms with Gasteiger partial charge in [0.25, 0.3) is 0 Å². The van der Waals surface area contributed by atoms with Gasteiger partial charge in [0, 0.05) is 28.6 Å². The van der Waals surface area contributed by atoms with Crippen molar-refractivity contribution >= 4 is 27.7 Å². The summed E-state index contributed by atoms with van der Waals surface area (Å²) in [5.41, 5.74) is 3.58. The molecular formula is C24H24N4O2. The monoisotopic (exact) mass is 400 g/mol. The molecule has 1 saturated carbocycles. The van der Waals surface area contributed by atoms with E-state index < -0.39 is 0 Å². The average Bonchev–Trinajstić information content (AvgIpc) is 3.42. The Bertz CT molecular complexity index is 1210. The van der Waals surface area contributed by atoms with E-state index in [1.807, 2.05) is 59.4 Å². The highest BCUT2D eigenvalue weighted by molar-refractivity contribution is 6.08. The lowest BCUT2D eigenvalue weighted by molar-refractivity contribution is -0.122. The van der Waals surface area contributed by atoms with Gasteiger partial charge in [-0.15, -0.1) is 0 Å². The molecule has 1 N–H and O–H groups in total. The summed E-state index contributed by atoms with van der Waals surface area (Å²) in [4.78, 5) is 17.4. The van der Waals surface area contributed by atoms with Crippen molar-refractivity contribution in [3.63, 3.8) is 0 Å². The Morgan fingerprint density at radius 2 is 1.93 bits per heavy atom. The van der Waals surface area contributed by atoms with Gasteiger partial charge in [-0.3, -0.25) is 14.5 Å². The maximum atomic E-state index is 12.8. The zero-order valence-corrected chi connectivity index (χ0v) is 17.0. The number of carbonyl (C=O) groups excluding carboxylic acids is 1. The van der Waals surface area contributed by atoms with E-state index in [9.17, 15) is 4.79 Å². The zero-order valence-electron chi connectivity index (χ0n) is 17.0. The Kier molecular flexibility index (Phi) is 4.83. The summed E-state index contributed by atoms with van der Waals surface area (Å²) in [7, 11) is 1.65. The van der Waals surface area contributed by atoms with Crippen LogP contribution in [0, 0.1) is 0 Å². The van der Waals surface area contributed by atoms with Crippen molar-refractivity contribution < 1.29 is 9.53 Å². The second-order valence-corrected chi connectivity index (χ2v) is 7.82. The number of nitrogens with zero attached hydrogens (tertiary/aromatic N) is 3. The van der Waals surface area contributed by atoms with Crippen LogP contribution in [0.3, 0.4) is 0 Å². The molecule has 6 heteroatoms. The zero-order chi connectivity index (χ0) is 20.5. The Balaban J connectivity index is 1.65. The Hall–Kier alpha value is -3.41. The third-order valence-electron chi connectivity index (χ3n) is 5.84. The molecule has 0 bridgehead atoms. The third kappa shape index (κ3) is 3.38. The van der Waals surface area contributed by atoms with Gasteiger partial charge in [-0.05, 0) is 31.0 Å². The fourth-order valence-electron chi connectivity index (χ4n) is 4.36. The molecule has 1 amide bonds. The second kappa shape index (κ2) is 7.78. The lowest BCUT2D eigenvalue weighted by atomic mass is 10.1. The van der Waals surface area contributed by atoms with E-state index in [0.717, 1.165) is 51.7 Å². The van der Waals surface area contributed by atoms with E-state index in [0.29, 0.717) is 0 Å². The standard InChI is InChI=1S/C24H24N4O2/c1-30-18-11-12-21-19(13-18)24-20(14-25-21)23(16-7-3-2-4-8-16)27-28(24)15-22(29)26-17-9-5-6-10-17/h2-4,7-8,11-14,17H,5-6,9-10,15H2,1H3,(H,26,29). The number of nitrogens with one attached hydrogen (secondary N) is 1. The van der Waals surface area contributed by atoms with Crippen LogP contribution in [0.1, 0.15) is 25.7 Å². The minimum atomic E-state index is -0.00114. The summed E-state index contributed by atoms with van der Waals surface area (Å²) < 4.78 is 7.25. The van der Waals surface area contributed by atoms with Gasteiger partial charge in [-0.1, -0.05) is 43.2 Å². The number of fused-ring (bicyclic) bond motifs is 3. The minimum Gasteiger partial charge on any atom is -0.497 e. The molecule has 0 saturated heterocycles. The van der Waals surface area contributed by atoms with Gasteiger partial charge < -0.3 is 10.1 Å². The molecule has 2 heterocycles. The van der Waals surface area contributed by atoms with E-state index in [-0.39, 0.29) is 18.5 Å². The van der Waals surface area contributed by atoms with Crippen LogP contribution in [0.5, 0.6) is 5.75 Å². The molecule has 4 aromatic rings. The first-order chi connectivity index (χ1) is 14.7. The predicted molar refractivity (Wildman–Crippen MR) is 117 cm³/mol. The smallest absolute Gasteiger partial charge is 0.241 e. The van der Waals surface area contributed by atoms with Crippen molar-refractivity contribution in [2.45, 2.75) is 38.3 Å². The fraction of sp³-hybridized carbons (Fsp3) is 0.292. The van der Waals surface area contributed by atoms with Crippen LogP contribution in [0.25, 0.3) is 33.1 Å². The number of aromatic nitrogens is 3. The van der Waals surface area contributed by atoms with Gasteiger partial charge in [0.2, 0.25) is 5.91 Å². The summed E-state index contributed by atoms with van der Waals surface area (Å²) in [6.07, 6.45) is 6.34. The molecule has 6 nitrogen and oxygen atoms in total. The van der Waals surface area contributed by atoms with E-state index in [4.69, 9.17) is 9.84 Å². The molecule has 0 aliphatic heterocycles. The number of amides is 1. The minimum absolute atomic E-state index is 0.00114. The van der Waals surface area contributed by atoms with Crippen LogP contribution >= 0.6 is 0 Å². The highest BCUT2D eigenvalue weighted by Gasteiger charge is 2.21. The second-order valence-electron chi connectivity index (χ2n) is 7.82. The summed E-state index contributed by atoms with van der Waals surface area (Å²) in [6, 6.07) is 16.1. The lowest BCUT2D eigenvalue weighted by Gasteiger charge is -2.12. The van der Waals surface area contributed by atoms with Gasteiger partial charge in [0.15, 0.2) is 0 Å². The van der Waals surface area contributed by atoms with Gasteiger partial charge >= 0.3 is 0 Å². The number of rotatable bonds is 5. The molecule has 30 heavy (non-hydrogen) atoms. The molecule has 0 atom stereocenters. The van der Waals surface area contributed by atoms with Crippen LogP contribution < -0.4 is 10.1 Å². The number of carbonyl (C=O) groups is 1. The number of pyridine rings is 1. The summed E-state index contributed by atoms with van der Waals surface area (Å²) in [5.74, 6) is 0.750. The molecule has 2 aromatic heterocycles. The van der Waals surface area contributed by atoms with Gasteiger partial charge in [-0.25, -0.2) is 0 Å². The molecule has 0 unspecified atom stereocenters. The Morgan fingerprint density at radius 3 is 2.70 bits per heavy atom. The van der Waals surface area contributed by atoms with Gasteiger partial charge in [-0.2, -0.15) is 5.10 Å². The van der Waals surface area contributed by atoms with Gasteiger partial charge in [0.1, 0.15) is 18.0 Å². The highest BCUT2D eigenvalue weighted by Crippen LogP contribution is 2.33.